The number of nitrogens with zero attached hydrogens (tertiary/aromatic N) is 1. The molecular formula is C12H18N2O4. The Kier molecular flexibility index (Phi) is 6.75. The third-order valence-corrected chi connectivity index (χ3v) is 2.18. The van der Waals surface area contributed by atoms with Crippen molar-refractivity contribution in [2.75, 3.05) is 45.9 Å². The summed E-state index contributed by atoms with van der Waals surface area (Å²) in [6.45, 7) is 2.19. The Morgan fingerprint density at radius 2 is 2.17 bits per heavy atom. The molecule has 18 heavy (non-hydrogen) atoms. The van der Waals surface area contributed by atoms with E-state index in [2.05, 4.69) is 15.0 Å². The number of nitrogens with one attached hydrogen (secondary N) is 1. The normalized spacial score (nSPS) is 10.1. The predicted molar refractivity (Wildman–Crippen MR) is 66.8 cm³/mol. The summed E-state index contributed by atoms with van der Waals surface area (Å²) in [6, 6.07) is 3.35. The molecule has 6 nitrogen and oxygen atoms in total. The van der Waals surface area contributed by atoms with Gasteiger partial charge in [-0.2, -0.15) is 0 Å². The van der Waals surface area contributed by atoms with Crippen LogP contribution in [0.4, 0.5) is 5.82 Å². The van der Waals surface area contributed by atoms with E-state index in [1.165, 1.54) is 7.11 Å². The average Bonchev–Trinajstić information content (AvgIpc) is 2.42. The Morgan fingerprint density at radius 1 is 1.33 bits per heavy atom. The highest BCUT2D eigenvalue weighted by Gasteiger charge is 2.11. The first-order chi connectivity index (χ1) is 8.79. The fourth-order valence-electron chi connectivity index (χ4n) is 1.31. The molecule has 1 N–H and O–H groups in total. The van der Waals surface area contributed by atoms with Gasteiger partial charge in [-0.1, -0.05) is 0 Å². The van der Waals surface area contributed by atoms with Crippen molar-refractivity contribution in [2.24, 2.45) is 0 Å². The van der Waals surface area contributed by atoms with Crippen molar-refractivity contribution in [1.82, 2.24) is 4.98 Å². The van der Waals surface area contributed by atoms with Crippen molar-refractivity contribution < 1.29 is 19.0 Å². The highest BCUT2D eigenvalue weighted by atomic mass is 16.5. The minimum atomic E-state index is -0.411. The largest absolute Gasteiger partial charge is 0.465 e. The molecule has 0 atom stereocenters. The van der Waals surface area contributed by atoms with Crippen LogP contribution in [-0.4, -0.2) is 51.5 Å². The minimum absolute atomic E-state index is 0.411. The summed E-state index contributed by atoms with van der Waals surface area (Å²) in [5.74, 6) is 0.0885. The van der Waals surface area contributed by atoms with Crippen LogP contribution in [0.1, 0.15) is 10.4 Å². The average molecular weight is 254 g/mol. The summed E-state index contributed by atoms with van der Waals surface area (Å²) in [4.78, 5) is 15.5. The van der Waals surface area contributed by atoms with E-state index < -0.39 is 5.97 Å². The van der Waals surface area contributed by atoms with Crippen molar-refractivity contribution in [1.29, 1.82) is 0 Å². The van der Waals surface area contributed by atoms with E-state index in [1.54, 1.807) is 25.4 Å². The first-order valence-corrected chi connectivity index (χ1v) is 5.63. The number of methoxy groups -OCH3 is 2. The van der Waals surface area contributed by atoms with Crippen molar-refractivity contribution in [3.05, 3.63) is 23.9 Å². The van der Waals surface area contributed by atoms with Gasteiger partial charge in [0.2, 0.25) is 0 Å². The zero-order valence-corrected chi connectivity index (χ0v) is 10.6. The van der Waals surface area contributed by atoms with E-state index in [0.717, 1.165) is 0 Å². The number of carbonyl (C=O) groups is 1. The Bertz CT molecular complexity index is 371. The summed E-state index contributed by atoms with van der Waals surface area (Å²) in [6.07, 6.45) is 1.61. The molecule has 0 saturated carbocycles. The second kappa shape index (κ2) is 8.43. The maximum absolute atomic E-state index is 11.5. The Morgan fingerprint density at radius 3 is 2.89 bits per heavy atom. The van der Waals surface area contributed by atoms with E-state index in [-0.39, 0.29) is 0 Å². The van der Waals surface area contributed by atoms with E-state index >= 15 is 0 Å². The number of esters is 1. The van der Waals surface area contributed by atoms with Crippen molar-refractivity contribution in [3.8, 4) is 0 Å². The molecule has 0 aliphatic carbocycles. The van der Waals surface area contributed by atoms with Gasteiger partial charge in [-0.25, -0.2) is 9.78 Å². The van der Waals surface area contributed by atoms with Crippen LogP contribution < -0.4 is 5.32 Å². The van der Waals surface area contributed by atoms with Crippen molar-refractivity contribution in [2.45, 2.75) is 0 Å². The third-order valence-electron chi connectivity index (χ3n) is 2.18. The molecule has 0 bridgehead atoms. The molecule has 1 heterocycles. The SMILES string of the molecule is COCCOCCNc1ncccc1C(=O)OC. The van der Waals surface area contributed by atoms with Crippen LogP contribution in [0.3, 0.4) is 0 Å². The van der Waals surface area contributed by atoms with Gasteiger partial charge in [-0.15, -0.1) is 0 Å². The molecule has 0 aromatic carbocycles. The van der Waals surface area contributed by atoms with Crippen LogP contribution in [0, 0.1) is 0 Å². The molecule has 0 spiro atoms. The molecule has 0 aliphatic rings. The summed E-state index contributed by atoms with van der Waals surface area (Å²) >= 11 is 0. The van der Waals surface area contributed by atoms with Gasteiger partial charge in [0, 0.05) is 19.9 Å². The number of pyridine rings is 1. The molecule has 1 aromatic rings. The number of carbonyl (C=O) groups excluding carboxylic acids is 1. The first-order valence-electron chi connectivity index (χ1n) is 5.63. The van der Waals surface area contributed by atoms with E-state index in [0.29, 0.717) is 37.7 Å². The van der Waals surface area contributed by atoms with Gasteiger partial charge in [0.25, 0.3) is 0 Å². The van der Waals surface area contributed by atoms with Gasteiger partial charge in [-0.3, -0.25) is 0 Å². The molecule has 1 aromatic heterocycles. The second-order valence-corrected chi connectivity index (χ2v) is 3.42. The summed E-state index contributed by atoms with van der Waals surface area (Å²) in [5.41, 5.74) is 0.414. The van der Waals surface area contributed by atoms with Crippen molar-refractivity contribution >= 4 is 11.8 Å². The van der Waals surface area contributed by atoms with Crippen LogP contribution in [0.2, 0.25) is 0 Å². The molecular weight excluding hydrogens is 236 g/mol. The molecule has 0 amide bonds. The number of anilines is 1. The van der Waals surface area contributed by atoms with Gasteiger partial charge < -0.3 is 19.5 Å². The molecule has 0 unspecified atom stereocenters. The van der Waals surface area contributed by atoms with E-state index in [1.807, 2.05) is 0 Å². The molecule has 100 valence electrons. The molecule has 1 rings (SSSR count). The van der Waals surface area contributed by atoms with E-state index in [9.17, 15) is 4.79 Å². The Balaban J connectivity index is 2.39. The zero-order chi connectivity index (χ0) is 13.2. The summed E-state index contributed by atoms with van der Waals surface area (Å²) in [7, 11) is 2.96. The monoisotopic (exact) mass is 254 g/mol. The number of aromatic nitrogens is 1. The topological polar surface area (TPSA) is 69.7 Å². The Hall–Kier alpha value is -1.66. The molecule has 0 fully saturated rings. The maximum atomic E-state index is 11.5. The van der Waals surface area contributed by atoms with Gasteiger partial charge >= 0.3 is 5.97 Å². The first kappa shape index (κ1) is 14.4. The van der Waals surface area contributed by atoms with Crippen LogP contribution in [-0.2, 0) is 14.2 Å². The fourth-order valence-corrected chi connectivity index (χ4v) is 1.31. The summed E-state index contributed by atoms with van der Waals surface area (Å²) in [5, 5.41) is 3.03. The number of ether oxygens (including phenoxy) is 3. The van der Waals surface area contributed by atoms with Gasteiger partial charge in [0.05, 0.1) is 26.9 Å². The highest BCUT2D eigenvalue weighted by molar-refractivity contribution is 5.94. The molecule has 0 saturated heterocycles. The van der Waals surface area contributed by atoms with Crippen LogP contribution in [0.25, 0.3) is 0 Å². The van der Waals surface area contributed by atoms with Crippen LogP contribution in [0.5, 0.6) is 0 Å². The van der Waals surface area contributed by atoms with Crippen LogP contribution in [0.15, 0.2) is 18.3 Å². The predicted octanol–water partition coefficient (Wildman–Crippen LogP) is 0.943. The lowest BCUT2D eigenvalue weighted by molar-refractivity contribution is 0.0601. The lowest BCUT2D eigenvalue weighted by atomic mass is 10.2. The molecule has 6 heteroatoms. The zero-order valence-electron chi connectivity index (χ0n) is 10.6. The number of hydrogen-bond acceptors (Lipinski definition) is 6. The number of rotatable bonds is 8. The smallest absolute Gasteiger partial charge is 0.341 e. The second-order valence-electron chi connectivity index (χ2n) is 3.42. The quantitative estimate of drug-likeness (QED) is 0.550. The van der Waals surface area contributed by atoms with Crippen molar-refractivity contribution in [3.63, 3.8) is 0 Å². The standard InChI is InChI=1S/C12H18N2O4/c1-16-8-9-18-7-6-14-11-10(12(15)17-2)4-3-5-13-11/h3-5H,6-9H2,1-2H3,(H,13,14). The van der Waals surface area contributed by atoms with Gasteiger partial charge in [0.1, 0.15) is 11.4 Å². The third kappa shape index (κ3) is 4.68. The number of hydrogen-bond donors (Lipinski definition) is 1. The lowest BCUT2D eigenvalue weighted by Crippen LogP contribution is -2.15. The highest BCUT2D eigenvalue weighted by Crippen LogP contribution is 2.11. The minimum Gasteiger partial charge on any atom is -0.465 e. The molecule has 0 aliphatic heterocycles. The maximum Gasteiger partial charge on any atom is 0.341 e. The Labute approximate surface area is 106 Å². The molecule has 0 radical (unpaired) electrons. The van der Waals surface area contributed by atoms with Gasteiger partial charge in [0.15, 0.2) is 0 Å². The van der Waals surface area contributed by atoms with Gasteiger partial charge in [-0.05, 0) is 12.1 Å². The van der Waals surface area contributed by atoms with Crippen LogP contribution >= 0.6 is 0 Å². The fraction of sp³-hybridized carbons (Fsp3) is 0.500. The lowest BCUT2D eigenvalue weighted by Gasteiger charge is -2.09. The summed E-state index contributed by atoms with van der Waals surface area (Å²) < 4.78 is 14.8. The van der Waals surface area contributed by atoms with E-state index in [4.69, 9.17) is 9.47 Å².